The van der Waals surface area contributed by atoms with E-state index < -0.39 is 10.3 Å². The average molecular weight is 533 g/mol. The van der Waals surface area contributed by atoms with Crippen molar-refractivity contribution in [2.75, 3.05) is 18.5 Å². The molecule has 36 heavy (non-hydrogen) atoms. The first kappa shape index (κ1) is 25.0. The van der Waals surface area contributed by atoms with Crippen LogP contribution in [0.3, 0.4) is 0 Å². The number of imidazole rings is 1. The molecule has 0 aromatic carbocycles. The summed E-state index contributed by atoms with van der Waals surface area (Å²) in [5.74, 6) is 1.20. The van der Waals surface area contributed by atoms with Gasteiger partial charge in [0.2, 0.25) is 5.78 Å². The van der Waals surface area contributed by atoms with Gasteiger partial charge in [0.15, 0.2) is 0 Å². The molecule has 4 heterocycles. The number of ether oxygens (including phenoxy) is 1. The number of nitrogens with one attached hydrogen (secondary N) is 1. The van der Waals surface area contributed by atoms with Crippen LogP contribution in [0.4, 0.5) is 5.82 Å². The molecule has 3 N–H and O–H groups in total. The summed E-state index contributed by atoms with van der Waals surface area (Å²) in [5.41, 5.74) is 2.41. The van der Waals surface area contributed by atoms with Crippen LogP contribution in [-0.4, -0.2) is 53.0 Å². The molecule has 0 radical (unpaired) electrons. The molecule has 5 rings (SSSR count). The molecule has 0 bridgehead atoms. The Morgan fingerprint density at radius 1 is 1.31 bits per heavy atom. The van der Waals surface area contributed by atoms with E-state index in [0.717, 1.165) is 41.3 Å². The summed E-state index contributed by atoms with van der Waals surface area (Å²) in [5, 5.41) is 8.28. The normalized spacial score (nSPS) is 21.9. The molecule has 0 saturated heterocycles. The van der Waals surface area contributed by atoms with Crippen LogP contribution in [0.2, 0.25) is 0 Å². The second-order valence-corrected chi connectivity index (χ2v) is 11.7. The van der Waals surface area contributed by atoms with E-state index >= 15 is 0 Å². The van der Waals surface area contributed by atoms with Crippen molar-refractivity contribution in [3.8, 4) is 0 Å². The minimum atomic E-state index is -3.96. The summed E-state index contributed by atoms with van der Waals surface area (Å²) in [6, 6.07) is 1.92. The number of rotatable bonds is 8. The van der Waals surface area contributed by atoms with Crippen molar-refractivity contribution in [2.24, 2.45) is 11.1 Å². The Balaban J connectivity index is 1.33. The third-order valence-corrected chi connectivity index (χ3v) is 8.22. The first-order valence-electron chi connectivity index (χ1n) is 11.7. The fourth-order valence-corrected chi connectivity index (χ4v) is 6.28. The van der Waals surface area contributed by atoms with Crippen molar-refractivity contribution >= 4 is 33.2 Å². The SMILES string of the molecule is Cc1sc(C(=O)c2cncnc2NC2CC[C@@H](COS(N)(=O)=O)C2)cc1C1OCCn2c(C)cnc21. The Morgan fingerprint density at radius 2 is 2.14 bits per heavy atom. The number of hydrogen-bond acceptors (Lipinski definition) is 10. The van der Waals surface area contributed by atoms with Crippen LogP contribution in [0.1, 0.15) is 62.6 Å². The molecular weight excluding hydrogens is 504 g/mol. The Kier molecular flexibility index (Phi) is 6.92. The third kappa shape index (κ3) is 5.20. The number of aromatic nitrogens is 4. The van der Waals surface area contributed by atoms with Gasteiger partial charge in [0, 0.05) is 41.1 Å². The fraction of sp³-hybridized carbons (Fsp3) is 0.478. The van der Waals surface area contributed by atoms with Gasteiger partial charge < -0.3 is 14.6 Å². The highest BCUT2D eigenvalue weighted by atomic mass is 32.2. The number of ketones is 1. The quantitative estimate of drug-likeness (QED) is 0.417. The zero-order valence-corrected chi connectivity index (χ0v) is 21.6. The standard InChI is InChI=1S/C23H28N6O5S2/c1-13-9-26-23-21(33-6-5-29(13)23)17-8-19(35-14(17)2)20(30)18-10-25-12-27-22(18)28-16-4-3-15(7-16)11-34-36(24,31)32/h8-10,12,15-16,21H,3-7,11H2,1-2H3,(H2,24,31,32)(H,25,27,28)/t15-,16?,21?/m1/s1. The van der Waals surface area contributed by atoms with Crippen LogP contribution < -0.4 is 10.5 Å². The average Bonchev–Trinajstić information content (AvgIpc) is 3.56. The molecule has 2 unspecified atom stereocenters. The van der Waals surface area contributed by atoms with Crippen molar-refractivity contribution in [3.05, 3.63) is 57.2 Å². The minimum Gasteiger partial charge on any atom is -0.367 e. The number of fused-ring (bicyclic) bond motifs is 1. The monoisotopic (exact) mass is 532 g/mol. The van der Waals surface area contributed by atoms with Gasteiger partial charge in [-0.2, -0.15) is 8.42 Å². The van der Waals surface area contributed by atoms with Gasteiger partial charge in [0.25, 0.3) is 0 Å². The van der Waals surface area contributed by atoms with E-state index in [0.29, 0.717) is 29.3 Å². The van der Waals surface area contributed by atoms with Gasteiger partial charge in [0.05, 0.1) is 23.7 Å². The topological polar surface area (TPSA) is 151 Å². The summed E-state index contributed by atoms with van der Waals surface area (Å²) < 4.78 is 35.1. The van der Waals surface area contributed by atoms with Gasteiger partial charge in [-0.1, -0.05) is 0 Å². The highest BCUT2D eigenvalue weighted by Crippen LogP contribution is 2.36. The molecule has 1 saturated carbocycles. The lowest BCUT2D eigenvalue weighted by atomic mass is 10.1. The minimum absolute atomic E-state index is 0.0268. The molecule has 11 nitrogen and oxygen atoms in total. The number of hydrogen-bond donors (Lipinski definition) is 2. The molecule has 13 heteroatoms. The number of anilines is 1. The summed E-state index contributed by atoms with van der Waals surface area (Å²) in [4.78, 5) is 28.1. The van der Waals surface area contributed by atoms with E-state index in [-0.39, 0.29) is 30.5 Å². The Bertz CT molecular complexity index is 1390. The second-order valence-electron chi connectivity index (χ2n) is 9.19. The predicted octanol–water partition coefficient (Wildman–Crippen LogP) is 2.50. The lowest BCUT2D eigenvalue weighted by Crippen LogP contribution is -2.23. The number of carbonyl (C=O) groups excluding carboxylic acids is 1. The van der Waals surface area contributed by atoms with E-state index in [2.05, 4.69) is 24.8 Å². The van der Waals surface area contributed by atoms with E-state index in [4.69, 9.17) is 14.1 Å². The van der Waals surface area contributed by atoms with Crippen LogP contribution in [0.15, 0.2) is 24.8 Å². The number of aryl methyl sites for hydroxylation is 2. The van der Waals surface area contributed by atoms with Crippen LogP contribution in [0.25, 0.3) is 0 Å². The fourth-order valence-electron chi connectivity index (χ4n) is 4.90. The lowest BCUT2D eigenvalue weighted by Gasteiger charge is -2.25. The number of nitrogens with two attached hydrogens (primary N) is 1. The van der Waals surface area contributed by atoms with E-state index in [9.17, 15) is 13.2 Å². The van der Waals surface area contributed by atoms with Crippen molar-refractivity contribution in [1.82, 2.24) is 19.5 Å². The van der Waals surface area contributed by atoms with Gasteiger partial charge in [-0.3, -0.25) is 8.98 Å². The van der Waals surface area contributed by atoms with Gasteiger partial charge in [0.1, 0.15) is 24.1 Å². The van der Waals surface area contributed by atoms with E-state index in [1.165, 1.54) is 23.9 Å². The third-order valence-electron chi connectivity index (χ3n) is 6.69. The molecule has 1 fully saturated rings. The summed E-state index contributed by atoms with van der Waals surface area (Å²) >= 11 is 1.42. The maximum absolute atomic E-state index is 13.5. The van der Waals surface area contributed by atoms with Gasteiger partial charge in [-0.15, -0.1) is 11.3 Å². The van der Waals surface area contributed by atoms with Crippen molar-refractivity contribution < 1.29 is 22.1 Å². The first-order valence-corrected chi connectivity index (χ1v) is 14.0. The van der Waals surface area contributed by atoms with Gasteiger partial charge in [-0.05, 0) is 45.1 Å². The van der Waals surface area contributed by atoms with Crippen molar-refractivity contribution in [3.63, 3.8) is 0 Å². The van der Waals surface area contributed by atoms with Crippen LogP contribution in [-0.2, 0) is 25.8 Å². The van der Waals surface area contributed by atoms with Crippen LogP contribution in [0, 0.1) is 19.8 Å². The zero-order chi connectivity index (χ0) is 25.4. The molecule has 0 spiro atoms. The lowest BCUT2D eigenvalue weighted by molar-refractivity contribution is 0.0423. The maximum Gasteiger partial charge on any atom is 0.333 e. The Morgan fingerprint density at radius 3 is 2.94 bits per heavy atom. The zero-order valence-electron chi connectivity index (χ0n) is 20.0. The number of carbonyl (C=O) groups is 1. The van der Waals surface area contributed by atoms with Gasteiger partial charge in [-0.25, -0.2) is 20.1 Å². The maximum atomic E-state index is 13.5. The second kappa shape index (κ2) is 9.98. The van der Waals surface area contributed by atoms with Crippen LogP contribution in [0.5, 0.6) is 0 Å². The Hall–Kier alpha value is -2.71. The summed E-state index contributed by atoms with van der Waals surface area (Å²) in [6.45, 7) is 5.40. The molecular formula is C23H28N6O5S2. The highest BCUT2D eigenvalue weighted by molar-refractivity contribution is 7.84. The molecule has 192 valence electrons. The summed E-state index contributed by atoms with van der Waals surface area (Å²) in [6.07, 6.45) is 6.72. The smallest absolute Gasteiger partial charge is 0.333 e. The molecule has 2 aliphatic rings. The van der Waals surface area contributed by atoms with E-state index in [1.807, 2.05) is 26.1 Å². The van der Waals surface area contributed by atoms with Gasteiger partial charge >= 0.3 is 10.3 Å². The Labute approximate surface area is 213 Å². The van der Waals surface area contributed by atoms with E-state index in [1.54, 1.807) is 0 Å². The number of thiophene rings is 1. The first-order chi connectivity index (χ1) is 17.2. The highest BCUT2D eigenvalue weighted by Gasteiger charge is 2.31. The summed E-state index contributed by atoms with van der Waals surface area (Å²) in [7, 11) is -3.96. The van der Waals surface area contributed by atoms with Crippen molar-refractivity contribution in [2.45, 2.75) is 51.8 Å². The predicted molar refractivity (Wildman–Crippen MR) is 133 cm³/mol. The van der Waals surface area contributed by atoms with Crippen molar-refractivity contribution in [1.29, 1.82) is 0 Å². The molecule has 1 aliphatic carbocycles. The molecule has 3 atom stereocenters. The molecule has 0 amide bonds. The molecule has 3 aromatic heterocycles. The van der Waals surface area contributed by atoms with Crippen LogP contribution >= 0.6 is 11.3 Å². The molecule has 1 aliphatic heterocycles. The number of nitrogens with zero attached hydrogens (tertiary/aromatic N) is 4. The molecule has 3 aromatic rings. The largest absolute Gasteiger partial charge is 0.367 e.